The number of likely N-dealkylation sites (tertiary alicyclic amines) is 2. The van der Waals surface area contributed by atoms with E-state index in [0.29, 0.717) is 11.3 Å². The Morgan fingerprint density at radius 2 is 1.96 bits per heavy atom. The third-order valence-corrected chi connectivity index (χ3v) is 5.20. The van der Waals surface area contributed by atoms with E-state index in [0.717, 1.165) is 51.5 Å². The summed E-state index contributed by atoms with van der Waals surface area (Å²) < 4.78 is 5.52. The van der Waals surface area contributed by atoms with E-state index in [4.69, 9.17) is 4.74 Å². The normalized spacial score (nSPS) is 23.0. The molecule has 0 aromatic rings. The molecule has 1 unspecified atom stereocenters. The monoisotopic (exact) mass is 494 g/mol. The van der Waals surface area contributed by atoms with Crippen LogP contribution >= 0.6 is 24.0 Å². The highest BCUT2D eigenvalue weighted by Gasteiger charge is 2.31. The van der Waals surface area contributed by atoms with Gasteiger partial charge in [0.25, 0.3) is 0 Å². The summed E-state index contributed by atoms with van der Waals surface area (Å²) in [4.78, 5) is 21.0. The zero-order chi connectivity index (χ0) is 19.4. The van der Waals surface area contributed by atoms with E-state index in [1.807, 2.05) is 32.7 Å². The highest BCUT2D eigenvalue weighted by atomic mass is 127. The number of halogens is 1. The maximum atomic E-state index is 12.3. The number of ether oxygens (including phenoxy) is 1. The number of aliphatic imine (C=N–C) groups is 1. The van der Waals surface area contributed by atoms with Gasteiger partial charge in [-0.25, -0.2) is 4.79 Å². The van der Waals surface area contributed by atoms with Crippen molar-refractivity contribution in [1.82, 2.24) is 15.1 Å². The molecule has 0 radical (unpaired) electrons. The maximum Gasteiger partial charge on any atom is 0.410 e. The molecule has 0 saturated carbocycles. The number of piperidine rings is 1. The van der Waals surface area contributed by atoms with Crippen LogP contribution in [0.5, 0.6) is 0 Å². The summed E-state index contributed by atoms with van der Waals surface area (Å²) in [6, 6.07) is 0. The van der Waals surface area contributed by atoms with Gasteiger partial charge in [-0.15, -0.1) is 24.0 Å². The van der Waals surface area contributed by atoms with Gasteiger partial charge in [0.05, 0.1) is 0 Å². The Kier molecular flexibility index (Phi) is 9.15. The molecule has 2 saturated heterocycles. The van der Waals surface area contributed by atoms with Crippen molar-refractivity contribution in [1.29, 1.82) is 0 Å². The van der Waals surface area contributed by atoms with E-state index in [1.165, 1.54) is 12.8 Å². The molecule has 1 amide bonds. The van der Waals surface area contributed by atoms with Crippen LogP contribution in [-0.2, 0) is 4.74 Å². The van der Waals surface area contributed by atoms with Gasteiger partial charge >= 0.3 is 6.09 Å². The first-order chi connectivity index (χ1) is 12.1. The van der Waals surface area contributed by atoms with Gasteiger partial charge in [-0.1, -0.05) is 13.8 Å². The molecule has 2 aliphatic rings. The zero-order valence-electron chi connectivity index (χ0n) is 18.0. The topological polar surface area (TPSA) is 57.2 Å². The largest absolute Gasteiger partial charge is 0.444 e. The van der Waals surface area contributed by atoms with Crippen molar-refractivity contribution in [3.05, 3.63) is 0 Å². The van der Waals surface area contributed by atoms with Crippen molar-refractivity contribution >= 4 is 36.0 Å². The molecule has 27 heavy (non-hydrogen) atoms. The summed E-state index contributed by atoms with van der Waals surface area (Å²) in [5.74, 6) is 1.53. The first-order valence-electron chi connectivity index (χ1n) is 10.0. The Bertz CT molecular complexity index is 517. The Hall–Kier alpha value is -0.730. The Labute approximate surface area is 182 Å². The summed E-state index contributed by atoms with van der Waals surface area (Å²) >= 11 is 0. The number of carbonyl (C=O) groups excluding carboxylic acids is 1. The number of amides is 1. The second-order valence-electron chi connectivity index (χ2n) is 9.53. The molecular weight excluding hydrogens is 455 g/mol. The molecule has 1 atom stereocenters. The fraction of sp³-hybridized carbons (Fsp3) is 0.900. The third-order valence-electron chi connectivity index (χ3n) is 5.20. The lowest BCUT2D eigenvalue weighted by molar-refractivity contribution is 0.0162. The second-order valence-corrected chi connectivity index (χ2v) is 9.53. The number of hydrogen-bond donors (Lipinski definition) is 1. The fourth-order valence-electron chi connectivity index (χ4n) is 3.81. The van der Waals surface area contributed by atoms with Crippen molar-refractivity contribution in [2.75, 3.05) is 39.8 Å². The molecular formula is C20H39IN4O2. The van der Waals surface area contributed by atoms with Crippen LogP contribution in [0.25, 0.3) is 0 Å². The van der Waals surface area contributed by atoms with E-state index in [9.17, 15) is 4.79 Å². The molecule has 2 aliphatic heterocycles. The number of nitrogens with zero attached hydrogens (tertiary/aromatic N) is 3. The molecule has 2 heterocycles. The van der Waals surface area contributed by atoms with Gasteiger partial charge in [0.15, 0.2) is 5.96 Å². The number of hydrogen-bond acceptors (Lipinski definition) is 3. The first kappa shape index (κ1) is 24.3. The Balaban J connectivity index is 0.00000364. The molecule has 0 aromatic heterocycles. The fourth-order valence-corrected chi connectivity index (χ4v) is 3.81. The Morgan fingerprint density at radius 3 is 2.52 bits per heavy atom. The summed E-state index contributed by atoms with van der Waals surface area (Å²) in [7, 11) is 1.86. The van der Waals surface area contributed by atoms with Gasteiger partial charge in [0.1, 0.15) is 5.60 Å². The van der Waals surface area contributed by atoms with Crippen molar-refractivity contribution in [2.24, 2.45) is 16.3 Å². The standard InChI is InChI=1S/C20H38N4O2.HI/c1-19(2,3)26-18(25)23-12-7-8-16(14-23)9-11-22-17(21-6)24-13-10-20(4,5)15-24;/h16H,7-15H2,1-6H3,(H,21,22);1H. The van der Waals surface area contributed by atoms with Crippen LogP contribution in [0.2, 0.25) is 0 Å². The van der Waals surface area contributed by atoms with Crippen LogP contribution in [-0.4, -0.2) is 67.2 Å². The predicted molar refractivity (Wildman–Crippen MR) is 122 cm³/mol. The van der Waals surface area contributed by atoms with Crippen molar-refractivity contribution in [2.45, 2.75) is 65.9 Å². The first-order valence-corrected chi connectivity index (χ1v) is 10.0. The highest BCUT2D eigenvalue weighted by Crippen LogP contribution is 2.28. The minimum absolute atomic E-state index is 0. The van der Waals surface area contributed by atoms with Crippen molar-refractivity contribution in [3.63, 3.8) is 0 Å². The molecule has 0 aromatic carbocycles. The van der Waals surface area contributed by atoms with E-state index in [2.05, 4.69) is 29.1 Å². The average Bonchev–Trinajstić information content (AvgIpc) is 2.90. The van der Waals surface area contributed by atoms with Gasteiger partial charge < -0.3 is 19.9 Å². The van der Waals surface area contributed by atoms with E-state index < -0.39 is 5.60 Å². The van der Waals surface area contributed by atoms with Gasteiger partial charge in [0, 0.05) is 39.8 Å². The number of carbonyl (C=O) groups is 1. The average molecular weight is 494 g/mol. The van der Waals surface area contributed by atoms with Crippen LogP contribution in [0, 0.1) is 11.3 Å². The smallest absolute Gasteiger partial charge is 0.410 e. The quantitative estimate of drug-likeness (QED) is 0.367. The van der Waals surface area contributed by atoms with E-state index in [1.54, 1.807) is 0 Å². The van der Waals surface area contributed by atoms with Crippen LogP contribution < -0.4 is 5.32 Å². The SMILES string of the molecule is CN=C(NCCC1CCCN(C(=O)OC(C)(C)C)C1)N1CCC(C)(C)C1.I. The second kappa shape index (κ2) is 10.2. The van der Waals surface area contributed by atoms with Crippen LogP contribution in [0.3, 0.4) is 0 Å². The highest BCUT2D eigenvalue weighted by molar-refractivity contribution is 14.0. The number of nitrogens with one attached hydrogen (secondary N) is 1. The third kappa shape index (κ3) is 8.03. The minimum atomic E-state index is -0.429. The number of guanidine groups is 1. The Morgan fingerprint density at radius 1 is 1.26 bits per heavy atom. The predicted octanol–water partition coefficient (Wildman–Crippen LogP) is 3.95. The summed E-state index contributed by atoms with van der Waals surface area (Å²) in [5, 5.41) is 3.52. The molecule has 0 bridgehead atoms. The van der Waals surface area contributed by atoms with Crippen molar-refractivity contribution in [3.8, 4) is 0 Å². The molecule has 158 valence electrons. The molecule has 2 rings (SSSR count). The molecule has 0 spiro atoms. The maximum absolute atomic E-state index is 12.3. The van der Waals surface area contributed by atoms with Gasteiger partial charge in [-0.2, -0.15) is 0 Å². The lowest BCUT2D eigenvalue weighted by Crippen LogP contribution is -2.44. The molecule has 0 aliphatic carbocycles. The molecule has 7 heteroatoms. The minimum Gasteiger partial charge on any atom is -0.444 e. The lowest BCUT2D eigenvalue weighted by Gasteiger charge is -2.34. The van der Waals surface area contributed by atoms with Crippen LogP contribution in [0.15, 0.2) is 4.99 Å². The van der Waals surface area contributed by atoms with Crippen LogP contribution in [0.1, 0.15) is 60.3 Å². The van der Waals surface area contributed by atoms with Crippen molar-refractivity contribution < 1.29 is 9.53 Å². The van der Waals surface area contributed by atoms with E-state index in [-0.39, 0.29) is 30.1 Å². The molecule has 1 N–H and O–H groups in total. The molecule has 6 nitrogen and oxygen atoms in total. The summed E-state index contributed by atoms with van der Waals surface area (Å²) in [6.45, 7) is 15.0. The van der Waals surface area contributed by atoms with Crippen LogP contribution in [0.4, 0.5) is 4.79 Å². The summed E-state index contributed by atoms with van der Waals surface area (Å²) in [5.41, 5.74) is -0.0590. The molecule has 2 fully saturated rings. The van der Waals surface area contributed by atoms with E-state index >= 15 is 0 Å². The lowest BCUT2D eigenvalue weighted by atomic mass is 9.93. The van der Waals surface area contributed by atoms with Gasteiger partial charge in [-0.05, 0) is 57.8 Å². The zero-order valence-corrected chi connectivity index (χ0v) is 20.3. The van der Waals surface area contributed by atoms with Gasteiger partial charge in [0.2, 0.25) is 0 Å². The van der Waals surface area contributed by atoms with Gasteiger partial charge in [-0.3, -0.25) is 4.99 Å². The number of rotatable bonds is 3. The summed E-state index contributed by atoms with van der Waals surface area (Å²) in [6.07, 6.45) is 4.32.